The second-order valence-corrected chi connectivity index (χ2v) is 9.38. The van der Waals surface area contributed by atoms with Gasteiger partial charge in [-0.25, -0.2) is 8.42 Å². The molecule has 0 unspecified atom stereocenters. The number of hydrogen-bond acceptors (Lipinski definition) is 2. The van der Waals surface area contributed by atoms with Crippen molar-refractivity contribution in [2.24, 2.45) is 0 Å². The highest BCUT2D eigenvalue weighted by Gasteiger charge is 2.23. The molecule has 0 radical (unpaired) electrons. The van der Waals surface area contributed by atoms with Gasteiger partial charge in [0, 0.05) is 13.1 Å². The smallest absolute Gasteiger partial charge is 0.212 e. The Morgan fingerprint density at radius 3 is 1.69 bits per heavy atom. The first-order valence-electron chi connectivity index (χ1n) is 10.2. The predicted molar refractivity (Wildman–Crippen MR) is 120 cm³/mol. The van der Waals surface area contributed by atoms with Gasteiger partial charge in [-0.15, -0.1) is 0 Å². The van der Waals surface area contributed by atoms with E-state index in [-0.39, 0.29) is 5.75 Å². The van der Waals surface area contributed by atoms with Crippen LogP contribution in [0.25, 0.3) is 0 Å². The number of aryl methyl sites for hydroxylation is 1. The Balaban J connectivity index is 1.80. The fourth-order valence-corrected chi connectivity index (χ4v) is 4.80. The normalized spacial score (nSPS) is 11.7. The van der Waals surface area contributed by atoms with E-state index in [1.165, 1.54) is 18.4 Å². The van der Waals surface area contributed by atoms with Gasteiger partial charge in [-0.3, -0.25) is 0 Å². The van der Waals surface area contributed by atoms with Crippen molar-refractivity contribution < 1.29 is 8.42 Å². The van der Waals surface area contributed by atoms with E-state index in [0.717, 1.165) is 23.1 Å². The molecule has 3 nitrogen and oxygen atoms in total. The van der Waals surface area contributed by atoms with Crippen molar-refractivity contribution in [1.29, 1.82) is 0 Å². The summed E-state index contributed by atoms with van der Waals surface area (Å²) in [6.07, 6.45) is 3.41. The molecule has 0 fully saturated rings. The summed E-state index contributed by atoms with van der Waals surface area (Å²) in [4.78, 5) is 0. The third-order valence-corrected chi connectivity index (χ3v) is 6.73. The standard InChI is InChI=1S/C25H29NO2S/c1-2-3-10-22-15-17-24(18-16-22)20-26(19-23-11-6-4-7-12-23)29(27,28)21-25-13-8-5-9-14-25/h4-9,11-18H,2-3,10,19-21H2,1H3. The van der Waals surface area contributed by atoms with Gasteiger partial charge in [0.25, 0.3) is 0 Å². The van der Waals surface area contributed by atoms with Crippen molar-refractivity contribution in [3.05, 3.63) is 107 Å². The maximum atomic E-state index is 13.2. The Hall–Kier alpha value is -2.43. The Kier molecular flexibility index (Phi) is 7.62. The Bertz CT molecular complexity index is 968. The van der Waals surface area contributed by atoms with Gasteiger partial charge >= 0.3 is 0 Å². The molecular formula is C25H29NO2S. The lowest BCUT2D eigenvalue weighted by Gasteiger charge is -2.23. The third kappa shape index (κ3) is 6.55. The fourth-order valence-electron chi connectivity index (χ4n) is 3.31. The maximum Gasteiger partial charge on any atom is 0.218 e. The van der Waals surface area contributed by atoms with Gasteiger partial charge in [0.1, 0.15) is 0 Å². The largest absolute Gasteiger partial charge is 0.218 e. The Labute approximate surface area is 175 Å². The van der Waals surface area contributed by atoms with Gasteiger partial charge in [0.05, 0.1) is 5.75 Å². The van der Waals surface area contributed by atoms with Crippen LogP contribution in [0.15, 0.2) is 84.9 Å². The molecule has 0 heterocycles. The second-order valence-electron chi connectivity index (χ2n) is 7.42. The van der Waals surface area contributed by atoms with Gasteiger partial charge in [0.2, 0.25) is 10.0 Å². The predicted octanol–water partition coefficient (Wildman–Crippen LogP) is 5.56. The number of hydrogen-bond donors (Lipinski definition) is 0. The highest BCUT2D eigenvalue weighted by atomic mass is 32.2. The van der Waals surface area contributed by atoms with Gasteiger partial charge in [-0.05, 0) is 35.1 Å². The van der Waals surface area contributed by atoms with Gasteiger partial charge < -0.3 is 0 Å². The number of nitrogens with zero attached hydrogens (tertiary/aromatic N) is 1. The summed E-state index contributed by atoms with van der Waals surface area (Å²) >= 11 is 0. The van der Waals surface area contributed by atoms with E-state index in [4.69, 9.17) is 0 Å². The van der Waals surface area contributed by atoms with Crippen LogP contribution in [0.1, 0.15) is 42.0 Å². The van der Waals surface area contributed by atoms with Crippen LogP contribution in [0, 0.1) is 0 Å². The Morgan fingerprint density at radius 1 is 0.655 bits per heavy atom. The molecule has 0 aliphatic rings. The van der Waals surface area contributed by atoms with E-state index in [0.29, 0.717) is 13.1 Å². The monoisotopic (exact) mass is 407 g/mol. The molecule has 0 N–H and O–H groups in total. The molecular weight excluding hydrogens is 378 g/mol. The van der Waals surface area contributed by atoms with Crippen molar-refractivity contribution in [1.82, 2.24) is 4.31 Å². The highest BCUT2D eigenvalue weighted by molar-refractivity contribution is 7.88. The molecule has 3 rings (SSSR count). The van der Waals surface area contributed by atoms with Crippen molar-refractivity contribution in [3.63, 3.8) is 0 Å². The lowest BCUT2D eigenvalue weighted by atomic mass is 10.1. The first kappa shape index (κ1) is 21.3. The summed E-state index contributed by atoms with van der Waals surface area (Å²) in [5.41, 5.74) is 4.11. The zero-order chi connectivity index (χ0) is 20.5. The minimum atomic E-state index is -3.46. The molecule has 0 bridgehead atoms. The molecule has 0 aliphatic carbocycles. The number of sulfonamides is 1. The van der Waals surface area contributed by atoms with E-state index in [9.17, 15) is 8.42 Å². The summed E-state index contributed by atoms with van der Waals surface area (Å²) in [6.45, 7) is 2.93. The average Bonchev–Trinajstić information content (AvgIpc) is 2.74. The highest BCUT2D eigenvalue weighted by Crippen LogP contribution is 2.19. The number of unbranched alkanes of at least 4 members (excludes halogenated alkanes) is 1. The molecule has 0 amide bonds. The van der Waals surface area contributed by atoms with Crippen LogP contribution in [0.5, 0.6) is 0 Å². The van der Waals surface area contributed by atoms with Crippen molar-refractivity contribution >= 4 is 10.0 Å². The van der Waals surface area contributed by atoms with E-state index in [1.54, 1.807) is 4.31 Å². The fraction of sp³-hybridized carbons (Fsp3) is 0.280. The zero-order valence-corrected chi connectivity index (χ0v) is 17.8. The van der Waals surface area contributed by atoms with Crippen LogP contribution >= 0.6 is 0 Å². The molecule has 0 aromatic heterocycles. The quantitative estimate of drug-likeness (QED) is 0.441. The van der Waals surface area contributed by atoms with E-state index >= 15 is 0 Å². The summed E-state index contributed by atoms with van der Waals surface area (Å²) in [5.74, 6) is 0.00918. The van der Waals surface area contributed by atoms with Gasteiger partial charge in [0.15, 0.2) is 0 Å². The SMILES string of the molecule is CCCCc1ccc(CN(Cc2ccccc2)S(=O)(=O)Cc2ccccc2)cc1. The van der Waals surface area contributed by atoms with Crippen LogP contribution in [0.2, 0.25) is 0 Å². The number of benzene rings is 3. The second kappa shape index (κ2) is 10.4. The summed E-state index contributed by atoms with van der Waals surface area (Å²) in [6, 6.07) is 27.5. The molecule has 0 saturated heterocycles. The Morgan fingerprint density at radius 2 is 1.14 bits per heavy atom. The number of rotatable bonds is 10. The summed E-state index contributed by atoms with van der Waals surface area (Å²) < 4.78 is 28.1. The van der Waals surface area contributed by atoms with Crippen LogP contribution in [0.4, 0.5) is 0 Å². The molecule has 152 valence electrons. The molecule has 0 aliphatic heterocycles. The van der Waals surface area contributed by atoms with Gasteiger partial charge in [-0.2, -0.15) is 4.31 Å². The average molecular weight is 408 g/mol. The minimum absolute atomic E-state index is 0.00918. The summed E-state index contributed by atoms with van der Waals surface area (Å²) in [5, 5.41) is 0. The van der Waals surface area contributed by atoms with Crippen LogP contribution < -0.4 is 0 Å². The maximum absolute atomic E-state index is 13.2. The van der Waals surface area contributed by atoms with E-state index in [2.05, 4.69) is 31.2 Å². The first-order valence-corrected chi connectivity index (χ1v) is 11.8. The third-order valence-electron chi connectivity index (χ3n) is 4.99. The molecule has 0 saturated carbocycles. The molecule has 0 atom stereocenters. The lowest BCUT2D eigenvalue weighted by Crippen LogP contribution is -2.31. The van der Waals surface area contributed by atoms with Crippen molar-refractivity contribution in [2.75, 3.05) is 0 Å². The van der Waals surface area contributed by atoms with E-state index in [1.807, 2.05) is 60.7 Å². The van der Waals surface area contributed by atoms with Crippen LogP contribution in [-0.4, -0.2) is 12.7 Å². The summed E-state index contributed by atoms with van der Waals surface area (Å²) in [7, 11) is -3.46. The van der Waals surface area contributed by atoms with Gasteiger partial charge in [-0.1, -0.05) is 98.3 Å². The van der Waals surface area contributed by atoms with Crippen LogP contribution in [-0.2, 0) is 35.3 Å². The van der Waals surface area contributed by atoms with Crippen molar-refractivity contribution in [2.45, 2.75) is 45.0 Å². The van der Waals surface area contributed by atoms with Crippen molar-refractivity contribution in [3.8, 4) is 0 Å². The molecule has 3 aromatic carbocycles. The van der Waals surface area contributed by atoms with Crippen LogP contribution in [0.3, 0.4) is 0 Å². The molecule has 3 aromatic rings. The lowest BCUT2D eigenvalue weighted by molar-refractivity contribution is 0.400. The molecule has 29 heavy (non-hydrogen) atoms. The van der Waals surface area contributed by atoms with E-state index < -0.39 is 10.0 Å². The first-order chi connectivity index (χ1) is 14.1. The minimum Gasteiger partial charge on any atom is -0.212 e. The zero-order valence-electron chi connectivity index (χ0n) is 17.0. The molecule has 4 heteroatoms. The topological polar surface area (TPSA) is 37.4 Å². The molecule has 0 spiro atoms.